The second-order valence-electron chi connectivity index (χ2n) is 7.76. The molecule has 0 saturated carbocycles. The number of hydrogen-bond acceptors (Lipinski definition) is 4. The van der Waals surface area contributed by atoms with Crippen LogP contribution in [0.1, 0.15) is 37.4 Å². The van der Waals surface area contributed by atoms with E-state index in [1.54, 1.807) is 19.2 Å². The van der Waals surface area contributed by atoms with Crippen LogP contribution in [-0.2, 0) is 16.6 Å². The Morgan fingerprint density at radius 2 is 1.86 bits per heavy atom. The summed E-state index contributed by atoms with van der Waals surface area (Å²) in [7, 11) is -1.64. The highest BCUT2D eigenvalue weighted by atomic mass is 32.2. The number of nitrogens with one attached hydrogen (secondary N) is 3. The van der Waals surface area contributed by atoms with Gasteiger partial charge in [-0.3, -0.25) is 9.71 Å². The Kier molecular flexibility index (Phi) is 6.02. The molecule has 8 heteroatoms. The molecule has 7 nitrogen and oxygen atoms in total. The van der Waals surface area contributed by atoms with Gasteiger partial charge in [-0.15, -0.1) is 0 Å². The molecular formula is C21H28N4O3S. The minimum absolute atomic E-state index is 0.0468. The van der Waals surface area contributed by atoms with Crippen molar-refractivity contribution < 1.29 is 13.2 Å². The van der Waals surface area contributed by atoms with Crippen LogP contribution in [-0.4, -0.2) is 33.3 Å². The van der Waals surface area contributed by atoms with E-state index in [0.29, 0.717) is 18.2 Å². The van der Waals surface area contributed by atoms with Gasteiger partial charge in [0.1, 0.15) is 11.4 Å². The van der Waals surface area contributed by atoms with Gasteiger partial charge in [-0.2, -0.15) is 0 Å². The van der Waals surface area contributed by atoms with Crippen LogP contribution in [0, 0.1) is 0 Å². The van der Waals surface area contributed by atoms with Gasteiger partial charge in [0, 0.05) is 25.6 Å². The molecule has 0 amide bonds. The number of para-hydroxylation sites is 2. The summed E-state index contributed by atoms with van der Waals surface area (Å²) in [4.78, 5) is 4.34. The Morgan fingerprint density at radius 3 is 2.59 bits per heavy atom. The first-order valence-electron chi connectivity index (χ1n) is 9.48. The molecule has 0 fully saturated rings. The van der Waals surface area contributed by atoms with E-state index in [1.807, 2.05) is 30.3 Å². The molecular weight excluding hydrogens is 388 g/mol. The normalized spacial score (nSPS) is 18.3. The third kappa shape index (κ3) is 5.63. The van der Waals surface area contributed by atoms with Gasteiger partial charge in [0.15, 0.2) is 5.96 Å². The molecule has 1 aliphatic rings. The first-order valence-corrected chi connectivity index (χ1v) is 11.4. The number of benzene rings is 2. The summed E-state index contributed by atoms with van der Waals surface area (Å²) in [6.07, 6.45) is 1.93. The average Bonchev–Trinajstić information content (AvgIpc) is 2.64. The van der Waals surface area contributed by atoms with Gasteiger partial charge in [-0.25, -0.2) is 8.42 Å². The summed E-state index contributed by atoms with van der Waals surface area (Å²) in [5, 5.41) is 6.76. The van der Waals surface area contributed by atoms with Crippen molar-refractivity contribution in [2.75, 3.05) is 18.0 Å². The minimum atomic E-state index is -3.35. The van der Waals surface area contributed by atoms with Gasteiger partial charge in [-0.05, 0) is 31.5 Å². The van der Waals surface area contributed by atoms with Crippen molar-refractivity contribution in [1.29, 1.82) is 0 Å². The maximum absolute atomic E-state index is 11.6. The van der Waals surface area contributed by atoms with Crippen molar-refractivity contribution in [1.82, 2.24) is 10.6 Å². The molecule has 1 atom stereocenters. The first kappa shape index (κ1) is 21.0. The van der Waals surface area contributed by atoms with Crippen LogP contribution in [0.4, 0.5) is 5.69 Å². The lowest BCUT2D eigenvalue weighted by atomic mass is 9.90. The lowest BCUT2D eigenvalue weighted by Gasteiger charge is -2.38. The highest BCUT2D eigenvalue weighted by Gasteiger charge is 2.33. The zero-order valence-corrected chi connectivity index (χ0v) is 18.0. The zero-order chi connectivity index (χ0) is 21.1. The molecule has 0 spiro atoms. The number of guanidine groups is 1. The van der Waals surface area contributed by atoms with Crippen molar-refractivity contribution >= 4 is 21.7 Å². The molecule has 29 heavy (non-hydrogen) atoms. The van der Waals surface area contributed by atoms with Crippen LogP contribution in [0.5, 0.6) is 5.75 Å². The number of nitrogens with zero attached hydrogens (tertiary/aromatic N) is 1. The second kappa shape index (κ2) is 8.32. The summed E-state index contributed by atoms with van der Waals surface area (Å²) < 4.78 is 31.9. The van der Waals surface area contributed by atoms with E-state index in [1.165, 1.54) is 0 Å². The number of hydrogen-bond donors (Lipinski definition) is 3. The molecule has 2 aromatic rings. The largest absolute Gasteiger partial charge is 0.487 e. The van der Waals surface area contributed by atoms with E-state index in [9.17, 15) is 8.42 Å². The molecule has 0 bridgehead atoms. The van der Waals surface area contributed by atoms with Gasteiger partial charge in [0.2, 0.25) is 10.0 Å². The predicted octanol–water partition coefficient (Wildman–Crippen LogP) is 3.03. The van der Waals surface area contributed by atoms with Crippen molar-refractivity contribution in [2.24, 2.45) is 4.99 Å². The zero-order valence-electron chi connectivity index (χ0n) is 17.2. The van der Waals surface area contributed by atoms with E-state index in [4.69, 9.17) is 4.74 Å². The summed E-state index contributed by atoms with van der Waals surface area (Å²) in [6, 6.07) is 15.3. The number of aliphatic imine (C=N–C) groups is 1. The van der Waals surface area contributed by atoms with E-state index >= 15 is 0 Å². The third-order valence-corrected chi connectivity index (χ3v) is 5.26. The maximum Gasteiger partial charge on any atom is 0.229 e. The number of fused-ring (bicyclic) bond motifs is 1. The predicted molar refractivity (Wildman–Crippen MR) is 117 cm³/mol. The Labute approximate surface area is 172 Å². The number of rotatable bonds is 5. The maximum atomic E-state index is 11.6. The van der Waals surface area contributed by atoms with Crippen molar-refractivity contribution in [3.05, 3.63) is 59.7 Å². The standard InChI is InChI=1S/C21H28N4O3S/c1-21(2)13-18(16-10-6-8-12-19(16)28-21)24-20(22-3)23-14-15-9-5-7-11-17(15)25-29(4,26)27/h5-12,18,25H,13-14H2,1-4H3,(H2,22,23,24). The van der Waals surface area contributed by atoms with E-state index in [-0.39, 0.29) is 11.6 Å². The first-order chi connectivity index (χ1) is 13.7. The number of anilines is 1. The Morgan fingerprint density at radius 1 is 1.17 bits per heavy atom. The molecule has 0 radical (unpaired) electrons. The fraction of sp³-hybridized carbons (Fsp3) is 0.381. The lowest BCUT2D eigenvalue weighted by molar-refractivity contribution is 0.0694. The Balaban J connectivity index is 1.73. The molecule has 0 aromatic heterocycles. The van der Waals surface area contributed by atoms with Gasteiger partial charge in [0.25, 0.3) is 0 Å². The van der Waals surface area contributed by atoms with Crippen molar-refractivity contribution in [2.45, 2.75) is 38.5 Å². The summed E-state index contributed by atoms with van der Waals surface area (Å²) in [6.45, 7) is 4.56. The van der Waals surface area contributed by atoms with Crippen LogP contribution in [0.2, 0.25) is 0 Å². The van der Waals surface area contributed by atoms with Crippen LogP contribution in [0.25, 0.3) is 0 Å². The summed E-state index contributed by atoms with van der Waals surface area (Å²) >= 11 is 0. The van der Waals surface area contributed by atoms with Gasteiger partial charge >= 0.3 is 0 Å². The smallest absolute Gasteiger partial charge is 0.229 e. The van der Waals surface area contributed by atoms with Crippen molar-refractivity contribution in [3.8, 4) is 5.75 Å². The molecule has 3 rings (SSSR count). The lowest BCUT2D eigenvalue weighted by Crippen LogP contribution is -2.45. The Hall–Kier alpha value is -2.74. The monoisotopic (exact) mass is 416 g/mol. The highest BCUT2D eigenvalue weighted by Crippen LogP contribution is 2.39. The molecule has 1 unspecified atom stereocenters. The molecule has 2 aromatic carbocycles. The van der Waals surface area contributed by atoms with Crippen LogP contribution >= 0.6 is 0 Å². The molecule has 1 aliphatic heterocycles. The van der Waals surface area contributed by atoms with Gasteiger partial charge in [0.05, 0.1) is 18.0 Å². The van der Waals surface area contributed by atoms with Crippen LogP contribution < -0.4 is 20.1 Å². The van der Waals surface area contributed by atoms with E-state index in [0.717, 1.165) is 29.6 Å². The quantitative estimate of drug-likeness (QED) is 0.515. The SMILES string of the molecule is CN=C(NCc1ccccc1NS(C)(=O)=O)NC1CC(C)(C)Oc2ccccc21. The molecule has 0 saturated heterocycles. The Bertz CT molecular complexity index is 1000. The van der Waals surface area contributed by atoms with Crippen LogP contribution in [0.3, 0.4) is 0 Å². The molecule has 3 N–H and O–H groups in total. The molecule has 156 valence electrons. The minimum Gasteiger partial charge on any atom is -0.487 e. The van der Waals surface area contributed by atoms with Gasteiger partial charge in [-0.1, -0.05) is 36.4 Å². The topological polar surface area (TPSA) is 91.8 Å². The highest BCUT2D eigenvalue weighted by molar-refractivity contribution is 7.92. The van der Waals surface area contributed by atoms with E-state index in [2.05, 4.69) is 40.3 Å². The molecule has 0 aliphatic carbocycles. The summed E-state index contributed by atoms with van der Waals surface area (Å²) in [5.41, 5.74) is 2.18. The van der Waals surface area contributed by atoms with Crippen LogP contribution in [0.15, 0.2) is 53.5 Å². The van der Waals surface area contributed by atoms with E-state index < -0.39 is 10.0 Å². The second-order valence-corrected chi connectivity index (χ2v) is 9.51. The summed E-state index contributed by atoms with van der Waals surface area (Å²) in [5.74, 6) is 1.51. The fourth-order valence-corrected chi connectivity index (χ4v) is 4.04. The molecule has 1 heterocycles. The third-order valence-electron chi connectivity index (χ3n) is 4.67. The number of sulfonamides is 1. The number of ether oxygens (including phenoxy) is 1. The average molecular weight is 417 g/mol. The fourth-order valence-electron chi connectivity index (χ4n) is 3.44. The van der Waals surface area contributed by atoms with Gasteiger partial charge < -0.3 is 15.4 Å². The van der Waals surface area contributed by atoms with Crippen molar-refractivity contribution in [3.63, 3.8) is 0 Å².